The summed E-state index contributed by atoms with van der Waals surface area (Å²) >= 11 is 1.21. The first-order chi connectivity index (χ1) is 14.0. The van der Waals surface area contributed by atoms with Crippen molar-refractivity contribution in [3.63, 3.8) is 0 Å². The first-order valence-electron chi connectivity index (χ1n) is 10.3. The van der Waals surface area contributed by atoms with Gasteiger partial charge in [-0.25, -0.2) is 8.78 Å². The van der Waals surface area contributed by atoms with Crippen LogP contribution in [-0.4, -0.2) is 22.2 Å². The fourth-order valence-electron chi connectivity index (χ4n) is 6.13. The first kappa shape index (κ1) is 19.1. The lowest BCUT2D eigenvalue weighted by Gasteiger charge is -2.55. The largest absolute Gasteiger partial charge is 0.395 e. The van der Waals surface area contributed by atoms with E-state index in [-0.39, 0.29) is 30.0 Å². The Labute approximate surface area is 171 Å². The van der Waals surface area contributed by atoms with E-state index in [1.165, 1.54) is 42.7 Å². The van der Waals surface area contributed by atoms with Crippen LogP contribution < -0.4 is 4.80 Å². The quantitative estimate of drug-likeness (QED) is 0.812. The molecule has 0 saturated heterocycles. The Hall–Kier alpha value is -1.86. The molecule has 7 heteroatoms. The van der Waals surface area contributed by atoms with Gasteiger partial charge in [0.15, 0.2) is 4.80 Å². The van der Waals surface area contributed by atoms with Crippen molar-refractivity contribution in [2.45, 2.75) is 45.1 Å². The van der Waals surface area contributed by atoms with Crippen LogP contribution in [0.1, 0.15) is 38.5 Å². The highest BCUT2D eigenvalue weighted by atomic mass is 32.1. The Balaban J connectivity index is 1.52. The van der Waals surface area contributed by atoms with Gasteiger partial charge in [-0.05, 0) is 68.4 Å². The van der Waals surface area contributed by atoms with Crippen LogP contribution in [0.3, 0.4) is 0 Å². The third kappa shape index (κ3) is 3.38. The number of hydrogen-bond donors (Lipinski definition) is 1. The summed E-state index contributed by atoms with van der Waals surface area (Å²) < 4.78 is 29.2. The van der Waals surface area contributed by atoms with Crippen LogP contribution in [0.2, 0.25) is 0 Å². The predicted molar refractivity (Wildman–Crippen MR) is 106 cm³/mol. The zero-order chi connectivity index (χ0) is 20.2. The normalized spacial score (nSPS) is 30.9. The number of aliphatic hydroxyl groups is 1. The van der Waals surface area contributed by atoms with Gasteiger partial charge in [-0.15, -0.1) is 0 Å². The van der Waals surface area contributed by atoms with Gasteiger partial charge >= 0.3 is 0 Å². The third-order valence-corrected chi connectivity index (χ3v) is 8.00. The number of carbonyl (C=O) groups excluding carboxylic acids is 1. The smallest absolute Gasteiger partial charge is 0.254 e. The van der Waals surface area contributed by atoms with Gasteiger partial charge in [0.2, 0.25) is 0 Å². The Morgan fingerprint density at radius 1 is 1.17 bits per heavy atom. The number of nitrogens with zero attached hydrogens (tertiary/aromatic N) is 2. The van der Waals surface area contributed by atoms with Crippen LogP contribution in [0.25, 0.3) is 10.4 Å². The molecule has 0 aliphatic heterocycles. The lowest BCUT2D eigenvalue weighted by atomic mass is 9.49. The van der Waals surface area contributed by atoms with Crippen molar-refractivity contribution >= 4 is 17.2 Å². The van der Waals surface area contributed by atoms with Gasteiger partial charge in [-0.1, -0.05) is 11.3 Å². The Morgan fingerprint density at radius 2 is 1.83 bits per heavy atom. The van der Waals surface area contributed by atoms with E-state index in [9.17, 15) is 18.7 Å². The van der Waals surface area contributed by atoms with Gasteiger partial charge in [0.25, 0.3) is 5.91 Å². The minimum atomic E-state index is -0.652. The Bertz CT molecular complexity index is 991. The van der Waals surface area contributed by atoms with Crippen LogP contribution in [0.15, 0.2) is 29.4 Å². The van der Waals surface area contributed by atoms with E-state index >= 15 is 0 Å². The molecule has 1 aromatic carbocycles. The molecular weight excluding hydrogens is 394 g/mol. The fourth-order valence-corrected chi connectivity index (χ4v) is 7.17. The molecule has 6 rings (SSSR count). The molecule has 1 aromatic heterocycles. The van der Waals surface area contributed by atoms with Gasteiger partial charge in [-0.3, -0.25) is 4.79 Å². The highest BCUT2D eigenvalue weighted by Gasteiger charge is 2.54. The van der Waals surface area contributed by atoms with Crippen molar-refractivity contribution in [2.24, 2.45) is 28.2 Å². The summed E-state index contributed by atoms with van der Waals surface area (Å²) in [5.74, 6) is 0.608. The monoisotopic (exact) mass is 418 g/mol. The number of rotatable bonds is 4. The summed E-state index contributed by atoms with van der Waals surface area (Å²) in [5.41, 5.74) is -0.0661. The standard InChI is InChI=1S/C22H24F2N2O2S/c23-16-1-2-17(18(24)8-16)19-12-26(3-4-27)21(29-19)25-20(28)22-9-13-5-14(10-22)7-15(6-13)11-22/h1-2,8,12-15,27H,3-7,9-11H2/b25-21-. The molecule has 1 heterocycles. The molecule has 0 unspecified atom stereocenters. The second kappa shape index (κ2) is 7.13. The molecule has 4 saturated carbocycles. The van der Waals surface area contributed by atoms with E-state index in [1.54, 1.807) is 10.8 Å². The summed E-state index contributed by atoms with van der Waals surface area (Å²) in [6.45, 7) is 0.160. The second-order valence-electron chi connectivity index (χ2n) is 9.03. The van der Waals surface area contributed by atoms with Crippen molar-refractivity contribution in [3.05, 3.63) is 40.8 Å². The number of thiazole rings is 1. The number of halogens is 2. The zero-order valence-corrected chi connectivity index (χ0v) is 16.9. The SMILES string of the molecule is O=C(/N=c1\sc(-c2ccc(F)cc2F)cn1CCO)C12CC3CC(CC(C3)C1)C2. The van der Waals surface area contributed by atoms with E-state index < -0.39 is 11.6 Å². The fraction of sp³-hybridized carbons (Fsp3) is 0.545. The van der Waals surface area contributed by atoms with Crippen molar-refractivity contribution < 1.29 is 18.7 Å². The average Bonchev–Trinajstić information content (AvgIpc) is 3.03. The molecule has 4 bridgehead atoms. The summed E-state index contributed by atoms with van der Waals surface area (Å²) in [7, 11) is 0. The van der Waals surface area contributed by atoms with Crippen LogP contribution in [0.4, 0.5) is 8.78 Å². The molecule has 0 radical (unpaired) electrons. The maximum atomic E-state index is 14.2. The first-order valence-corrected chi connectivity index (χ1v) is 11.1. The van der Waals surface area contributed by atoms with Crippen LogP contribution in [0, 0.1) is 34.8 Å². The van der Waals surface area contributed by atoms with Gasteiger partial charge < -0.3 is 9.67 Å². The molecule has 4 aliphatic rings. The Morgan fingerprint density at radius 3 is 2.41 bits per heavy atom. The molecule has 4 aliphatic carbocycles. The topological polar surface area (TPSA) is 54.6 Å². The van der Waals surface area contributed by atoms with Crippen LogP contribution in [0.5, 0.6) is 0 Å². The maximum absolute atomic E-state index is 14.2. The number of amides is 1. The van der Waals surface area contributed by atoms with Gasteiger partial charge in [-0.2, -0.15) is 4.99 Å². The maximum Gasteiger partial charge on any atom is 0.254 e. The van der Waals surface area contributed by atoms with Gasteiger partial charge in [0, 0.05) is 24.4 Å². The van der Waals surface area contributed by atoms with E-state index in [2.05, 4.69) is 4.99 Å². The number of aromatic nitrogens is 1. The van der Waals surface area contributed by atoms with Crippen LogP contribution in [-0.2, 0) is 11.3 Å². The molecule has 0 spiro atoms. The molecule has 1 amide bonds. The number of benzene rings is 1. The lowest BCUT2D eigenvalue weighted by molar-refractivity contribution is -0.142. The second-order valence-corrected chi connectivity index (χ2v) is 10.0. The number of aliphatic hydroxyl groups excluding tert-OH is 1. The molecule has 2 aromatic rings. The highest BCUT2D eigenvalue weighted by Crippen LogP contribution is 2.60. The van der Waals surface area contributed by atoms with E-state index in [1.807, 2.05) is 0 Å². The van der Waals surface area contributed by atoms with E-state index in [4.69, 9.17) is 0 Å². The molecule has 4 nitrogen and oxygen atoms in total. The van der Waals surface area contributed by atoms with Crippen molar-refractivity contribution in [1.82, 2.24) is 4.57 Å². The van der Waals surface area contributed by atoms with E-state index in [0.717, 1.165) is 25.3 Å². The molecule has 4 fully saturated rings. The molecule has 154 valence electrons. The summed E-state index contributed by atoms with van der Waals surface area (Å²) in [5, 5.41) is 9.41. The average molecular weight is 419 g/mol. The summed E-state index contributed by atoms with van der Waals surface area (Å²) in [6.07, 6.45) is 8.26. The highest BCUT2D eigenvalue weighted by molar-refractivity contribution is 7.12. The van der Waals surface area contributed by atoms with Crippen molar-refractivity contribution in [3.8, 4) is 10.4 Å². The Kier molecular flexibility index (Phi) is 4.70. The zero-order valence-electron chi connectivity index (χ0n) is 16.1. The van der Waals surface area contributed by atoms with E-state index in [0.29, 0.717) is 27.4 Å². The van der Waals surface area contributed by atoms with Crippen LogP contribution >= 0.6 is 11.3 Å². The molecule has 29 heavy (non-hydrogen) atoms. The molecule has 1 N–H and O–H groups in total. The number of carbonyl (C=O) groups is 1. The molecular formula is C22H24F2N2O2S. The van der Waals surface area contributed by atoms with Gasteiger partial charge in [0.1, 0.15) is 11.6 Å². The van der Waals surface area contributed by atoms with Crippen molar-refractivity contribution in [1.29, 1.82) is 0 Å². The van der Waals surface area contributed by atoms with Gasteiger partial charge in [0.05, 0.1) is 16.9 Å². The minimum Gasteiger partial charge on any atom is -0.395 e. The summed E-state index contributed by atoms with van der Waals surface area (Å²) in [6, 6.07) is 3.46. The lowest BCUT2D eigenvalue weighted by Crippen LogP contribution is -2.49. The summed E-state index contributed by atoms with van der Waals surface area (Å²) in [4.78, 5) is 18.9. The predicted octanol–water partition coefficient (Wildman–Crippen LogP) is 4.13. The van der Waals surface area contributed by atoms with Crippen molar-refractivity contribution in [2.75, 3.05) is 6.61 Å². The third-order valence-electron chi connectivity index (χ3n) is 6.95. The molecule has 0 atom stereocenters. The number of hydrogen-bond acceptors (Lipinski definition) is 3. The minimum absolute atomic E-state index is 0.0590.